The summed E-state index contributed by atoms with van der Waals surface area (Å²) in [5, 5.41) is 2.51. The van der Waals surface area contributed by atoms with Crippen molar-refractivity contribution in [2.75, 3.05) is 4.90 Å². The molecule has 0 fully saturated rings. The molecule has 2 atom stereocenters. The Labute approximate surface area is 368 Å². The molecule has 9 aromatic carbocycles. The Bertz CT molecular complexity index is 3400. The molecular formula is C61H42N2. The van der Waals surface area contributed by atoms with Crippen LogP contribution in [0.25, 0.3) is 60.9 Å². The van der Waals surface area contributed by atoms with Gasteiger partial charge in [0.25, 0.3) is 0 Å². The first-order valence-corrected chi connectivity index (χ1v) is 22.1. The third kappa shape index (κ3) is 5.31. The van der Waals surface area contributed by atoms with Crippen molar-refractivity contribution >= 4 is 38.9 Å². The van der Waals surface area contributed by atoms with Gasteiger partial charge in [0.1, 0.15) is 0 Å². The normalized spacial score (nSPS) is 16.3. The molecule has 3 aliphatic carbocycles. The molecule has 0 N–H and O–H groups in total. The number of fused-ring (bicyclic) bond motifs is 13. The number of hydrogen-bond acceptors (Lipinski definition) is 1. The first-order chi connectivity index (χ1) is 31.3. The molecule has 0 saturated heterocycles. The number of allylic oxidation sites excluding steroid dienone is 4. The van der Waals surface area contributed by atoms with Crippen molar-refractivity contribution in [2.45, 2.75) is 11.3 Å². The Kier molecular flexibility index (Phi) is 7.98. The fraction of sp³-hybridized carbons (Fsp3) is 0.0492. The van der Waals surface area contributed by atoms with E-state index in [1.54, 1.807) is 0 Å². The molecular weight excluding hydrogens is 761 g/mol. The lowest BCUT2D eigenvalue weighted by molar-refractivity contribution is 0.465. The molecule has 0 saturated carbocycles. The average molecular weight is 803 g/mol. The predicted octanol–water partition coefficient (Wildman–Crippen LogP) is 15.7. The molecule has 63 heavy (non-hydrogen) atoms. The highest BCUT2D eigenvalue weighted by molar-refractivity contribution is 6.10. The van der Waals surface area contributed by atoms with Crippen LogP contribution in [0, 0.1) is 5.92 Å². The van der Waals surface area contributed by atoms with Gasteiger partial charge in [-0.2, -0.15) is 0 Å². The van der Waals surface area contributed by atoms with Gasteiger partial charge in [-0.3, -0.25) is 0 Å². The van der Waals surface area contributed by atoms with Crippen LogP contribution >= 0.6 is 0 Å². The third-order valence-electron chi connectivity index (χ3n) is 14.1. The maximum Gasteiger partial charge on any atom is 0.0541 e. The number of rotatable bonds is 6. The number of aromatic nitrogens is 1. The van der Waals surface area contributed by atoms with E-state index in [0.717, 1.165) is 17.1 Å². The fourth-order valence-electron chi connectivity index (χ4n) is 11.4. The van der Waals surface area contributed by atoms with Crippen LogP contribution in [0.5, 0.6) is 0 Å². The van der Waals surface area contributed by atoms with Gasteiger partial charge in [0, 0.05) is 45.4 Å². The molecule has 3 aliphatic rings. The van der Waals surface area contributed by atoms with Crippen molar-refractivity contribution in [1.29, 1.82) is 0 Å². The first kappa shape index (κ1) is 35.8. The molecule has 0 aliphatic heterocycles. The minimum Gasteiger partial charge on any atom is -0.310 e. The van der Waals surface area contributed by atoms with Gasteiger partial charge >= 0.3 is 0 Å². The molecule has 0 amide bonds. The van der Waals surface area contributed by atoms with Gasteiger partial charge in [-0.1, -0.05) is 176 Å². The quantitative estimate of drug-likeness (QED) is 0.163. The van der Waals surface area contributed by atoms with Crippen LogP contribution in [0.3, 0.4) is 0 Å². The molecule has 1 aromatic heterocycles. The highest BCUT2D eigenvalue weighted by Crippen LogP contribution is 2.65. The van der Waals surface area contributed by atoms with Crippen LogP contribution in [0.2, 0.25) is 0 Å². The van der Waals surface area contributed by atoms with E-state index in [1.807, 2.05) is 0 Å². The van der Waals surface area contributed by atoms with Crippen molar-refractivity contribution in [3.05, 3.63) is 265 Å². The van der Waals surface area contributed by atoms with Crippen LogP contribution in [-0.4, -0.2) is 4.57 Å². The number of para-hydroxylation sites is 2. The van der Waals surface area contributed by atoms with Crippen LogP contribution in [0.4, 0.5) is 17.1 Å². The van der Waals surface area contributed by atoms with E-state index in [2.05, 4.69) is 252 Å². The second kappa shape index (κ2) is 14.1. The Morgan fingerprint density at radius 1 is 0.381 bits per heavy atom. The summed E-state index contributed by atoms with van der Waals surface area (Å²) < 4.78 is 2.38. The van der Waals surface area contributed by atoms with Gasteiger partial charge < -0.3 is 9.47 Å². The third-order valence-corrected chi connectivity index (χ3v) is 14.1. The van der Waals surface area contributed by atoms with Crippen molar-refractivity contribution in [3.63, 3.8) is 0 Å². The largest absolute Gasteiger partial charge is 0.310 e. The van der Waals surface area contributed by atoms with E-state index in [0.29, 0.717) is 0 Å². The zero-order valence-corrected chi connectivity index (χ0v) is 34.6. The standard InChI is InChI=1S/C61H42N2/c1-3-15-41(16-4-1)42-27-32-46(33-28-42)62(47-34-29-43(30-35-47)44-31-38-60-54(39-44)53-22-10-14-26-59(53)63(60)45-17-5-2-6-18-45)48-36-37-52-51-21-9-13-25-57(51)61(58(52)40-48)55-23-11-7-19-49(55)50-20-8-12-24-56(50)61/h1-40,51,57H. The second-order valence-corrected chi connectivity index (χ2v) is 17.2. The SMILES string of the molecule is C1=CC2c3ccc(N(c4ccc(-c5ccccc5)cc4)c4ccc(-c5ccc6c(c5)c5ccccc5n6-c5ccccc5)cc4)cc3C3(c4ccccc4-c4ccccc43)C2C=C1. The first-order valence-electron chi connectivity index (χ1n) is 22.1. The number of hydrogen-bond donors (Lipinski definition) is 0. The lowest BCUT2D eigenvalue weighted by atomic mass is 9.65. The summed E-state index contributed by atoms with van der Waals surface area (Å²) in [4.78, 5) is 2.45. The van der Waals surface area contributed by atoms with Crippen molar-refractivity contribution < 1.29 is 0 Å². The summed E-state index contributed by atoms with van der Waals surface area (Å²) >= 11 is 0. The molecule has 1 spiro atoms. The fourth-order valence-corrected chi connectivity index (χ4v) is 11.4. The van der Waals surface area contributed by atoms with E-state index < -0.39 is 0 Å². The van der Waals surface area contributed by atoms with Gasteiger partial charge in [0.05, 0.1) is 16.4 Å². The zero-order chi connectivity index (χ0) is 41.5. The van der Waals surface area contributed by atoms with E-state index in [9.17, 15) is 0 Å². The summed E-state index contributed by atoms with van der Waals surface area (Å²) in [7, 11) is 0. The Hall–Kier alpha value is -7.94. The summed E-state index contributed by atoms with van der Waals surface area (Å²) in [6, 6.07) is 80.8. The smallest absolute Gasteiger partial charge is 0.0541 e. The zero-order valence-electron chi connectivity index (χ0n) is 34.6. The molecule has 13 rings (SSSR count). The Morgan fingerprint density at radius 3 is 1.63 bits per heavy atom. The van der Waals surface area contributed by atoms with Crippen LogP contribution in [0.15, 0.2) is 243 Å². The summed E-state index contributed by atoms with van der Waals surface area (Å²) in [6.07, 6.45) is 9.40. The lowest BCUT2D eigenvalue weighted by Crippen LogP contribution is -2.33. The van der Waals surface area contributed by atoms with Crippen molar-refractivity contribution in [2.24, 2.45) is 5.92 Å². The monoisotopic (exact) mass is 802 g/mol. The number of benzene rings is 9. The Balaban J connectivity index is 0.963. The minimum absolute atomic E-state index is 0.273. The average Bonchev–Trinajstić information content (AvgIpc) is 3.96. The molecule has 10 aromatic rings. The molecule has 0 radical (unpaired) electrons. The van der Waals surface area contributed by atoms with Crippen LogP contribution in [0.1, 0.15) is 28.2 Å². The van der Waals surface area contributed by atoms with Crippen molar-refractivity contribution in [1.82, 2.24) is 4.57 Å². The number of anilines is 3. The van der Waals surface area contributed by atoms with E-state index >= 15 is 0 Å². The molecule has 2 unspecified atom stereocenters. The highest BCUT2D eigenvalue weighted by atomic mass is 15.1. The molecule has 0 bridgehead atoms. The molecule has 2 heteroatoms. The van der Waals surface area contributed by atoms with Gasteiger partial charge in [-0.15, -0.1) is 0 Å². The molecule has 296 valence electrons. The van der Waals surface area contributed by atoms with E-state index in [-0.39, 0.29) is 17.3 Å². The lowest BCUT2D eigenvalue weighted by Gasteiger charge is -2.36. The van der Waals surface area contributed by atoms with E-state index in [1.165, 1.54) is 83.1 Å². The Morgan fingerprint density at radius 2 is 0.921 bits per heavy atom. The molecule has 1 heterocycles. The maximum atomic E-state index is 2.52. The van der Waals surface area contributed by atoms with Crippen LogP contribution in [-0.2, 0) is 5.41 Å². The summed E-state index contributed by atoms with van der Waals surface area (Å²) in [6.45, 7) is 0. The summed E-state index contributed by atoms with van der Waals surface area (Å²) in [5.41, 5.74) is 19.8. The van der Waals surface area contributed by atoms with Gasteiger partial charge in [-0.05, 0) is 122 Å². The molecule has 2 nitrogen and oxygen atoms in total. The van der Waals surface area contributed by atoms with Crippen molar-refractivity contribution in [3.8, 4) is 39.1 Å². The van der Waals surface area contributed by atoms with Gasteiger partial charge in [0.2, 0.25) is 0 Å². The maximum absolute atomic E-state index is 2.52. The predicted molar refractivity (Wildman–Crippen MR) is 263 cm³/mol. The highest BCUT2D eigenvalue weighted by Gasteiger charge is 2.57. The number of nitrogens with zero attached hydrogens (tertiary/aromatic N) is 2. The van der Waals surface area contributed by atoms with E-state index in [4.69, 9.17) is 0 Å². The second-order valence-electron chi connectivity index (χ2n) is 17.2. The van der Waals surface area contributed by atoms with Gasteiger partial charge in [0.15, 0.2) is 0 Å². The topological polar surface area (TPSA) is 8.17 Å². The summed E-state index contributed by atoms with van der Waals surface area (Å²) in [5.74, 6) is 0.560. The minimum atomic E-state index is -0.306. The van der Waals surface area contributed by atoms with Crippen LogP contribution < -0.4 is 4.90 Å². The van der Waals surface area contributed by atoms with Gasteiger partial charge in [-0.25, -0.2) is 0 Å².